The average Bonchev–Trinajstić information content (AvgIpc) is 2.28. The topological polar surface area (TPSA) is 63.4 Å². The number of hydrogen-bond acceptors (Lipinski definition) is 3. The fraction of sp³-hybridized carbons (Fsp3) is 0.538. The van der Waals surface area contributed by atoms with E-state index in [9.17, 15) is 8.42 Å². The first-order valence-electron chi connectivity index (χ1n) is 6.15. The number of rotatable bonds is 6. The second-order valence-corrected chi connectivity index (χ2v) is 6.72. The summed E-state index contributed by atoms with van der Waals surface area (Å²) >= 11 is 0. The summed E-state index contributed by atoms with van der Waals surface area (Å²) in [7, 11) is -3.44. The molecule has 2 N–H and O–H groups in total. The Morgan fingerprint density at radius 3 is 2.39 bits per heavy atom. The summed E-state index contributed by atoms with van der Waals surface area (Å²) in [6.45, 7) is 6.98. The van der Waals surface area contributed by atoms with Gasteiger partial charge in [0.25, 0.3) is 0 Å². The first kappa shape index (κ1) is 15.1. The fourth-order valence-corrected chi connectivity index (χ4v) is 3.69. The molecule has 4 nitrogen and oxygen atoms in total. The molecule has 0 saturated carbocycles. The molecule has 0 heterocycles. The van der Waals surface area contributed by atoms with Crippen LogP contribution < -0.4 is 5.73 Å². The van der Waals surface area contributed by atoms with Gasteiger partial charge < -0.3 is 5.73 Å². The fourth-order valence-electron chi connectivity index (χ4n) is 1.85. The minimum atomic E-state index is -3.44. The molecule has 1 aromatic rings. The molecular weight excluding hydrogens is 248 g/mol. The summed E-state index contributed by atoms with van der Waals surface area (Å²) < 4.78 is 26.6. The molecule has 0 bridgehead atoms. The van der Waals surface area contributed by atoms with Crippen molar-refractivity contribution in [1.82, 2.24) is 4.31 Å². The van der Waals surface area contributed by atoms with Crippen molar-refractivity contribution >= 4 is 10.0 Å². The second kappa shape index (κ2) is 6.31. The van der Waals surface area contributed by atoms with Crippen molar-refractivity contribution in [3.8, 4) is 0 Å². The molecule has 0 saturated heterocycles. The standard InChI is InChI=1S/C13H22N2O2S/c1-11(2)10-15(9-8-14)18(16,17)13-7-5-4-6-12(13)3/h4-7,11H,8-10,14H2,1-3H3. The molecule has 0 spiro atoms. The van der Waals surface area contributed by atoms with Crippen LogP contribution in [0.1, 0.15) is 19.4 Å². The van der Waals surface area contributed by atoms with E-state index in [1.807, 2.05) is 32.9 Å². The Hall–Kier alpha value is -0.910. The SMILES string of the molecule is Cc1ccccc1S(=O)(=O)N(CCN)CC(C)C. The minimum Gasteiger partial charge on any atom is -0.329 e. The van der Waals surface area contributed by atoms with E-state index < -0.39 is 10.0 Å². The molecule has 5 heteroatoms. The van der Waals surface area contributed by atoms with Gasteiger partial charge in [0.2, 0.25) is 10.0 Å². The van der Waals surface area contributed by atoms with Gasteiger partial charge in [0, 0.05) is 19.6 Å². The Labute approximate surface area is 110 Å². The lowest BCUT2D eigenvalue weighted by molar-refractivity contribution is 0.373. The van der Waals surface area contributed by atoms with Crippen molar-refractivity contribution in [3.63, 3.8) is 0 Å². The van der Waals surface area contributed by atoms with Crippen LogP contribution in [0.5, 0.6) is 0 Å². The van der Waals surface area contributed by atoms with Crippen LogP contribution in [0.4, 0.5) is 0 Å². The third kappa shape index (κ3) is 3.54. The summed E-state index contributed by atoms with van der Waals surface area (Å²) in [5, 5.41) is 0. The van der Waals surface area contributed by atoms with Crippen molar-refractivity contribution in [1.29, 1.82) is 0 Å². The lowest BCUT2D eigenvalue weighted by Crippen LogP contribution is -2.38. The first-order chi connectivity index (χ1) is 8.39. The zero-order valence-corrected chi connectivity index (χ0v) is 12.1. The highest BCUT2D eigenvalue weighted by Gasteiger charge is 2.25. The maximum Gasteiger partial charge on any atom is 0.243 e. The van der Waals surface area contributed by atoms with Gasteiger partial charge in [0.1, 0.15) is 0 Å². The summed E-state index contributed by atoms with van der Waals surface area (Å²) in [4.78, 5) is 0.374. The maximum absolute atomic E-state index is 12.5. The van der Waals surface area contributed by atoms with Crippen LogP contribution in [-0.4, -0.2) is 32.4 Å². The minimum absolute atomic E-state index is 0.273. The highest BCUT2D eigenvalue weighted by Crippen LogP contribution is 2.20. The maximum atomic E-state index is 12.5. The van der Waals surface area contributed by atoms with E-state index in [1.54, 1.807) is 12.1 Å². The second-order valence-electron chi connectivity index (χ2n) is 4.81. The van der Waals surface area contributed by atoms with Crippen LogP contribution in [0.15, 0.2) is 29.2 Å². The molecular formula is C13H22N2O2S. The Balaban J connectivity index is 3.13. The largest absolute Gasteiger partial charge is 0.329 e. The zero-order chi connectivity index (χ0) is 13.8. The van der Waals surface area contributed by atoms with E-state index >= 15 is 0 Å². The molecule has 0 radical (unpaired) electrons. The molecule has 0 fully saturated rings. The van der Waals surface area contributed by atoms with Gasteiger partial charge in [-0.3, -0.25) is 0 Å². The van der Waals surface area contributed by atoms with E-state index in [4.69, 9.17) is 5.73 Å². The molecule has 1 rings (SSSR count). The van der Waals surface area contributed by atoms with Gasteiger partial charge >= 0.3 is 0 Å². The lowest BCUT2D eigenvalue weighted by Gasteiger charge is -2.24. The van der Waals surface area contributed by atoms with Crippen molar-refractivity contribution in [3.05, 3.63) is 29.8 Å². The summed E-state index contributed by atoms with van der Waals surface area (Å²) in [5.74, 6) is 0.273. The van der Waals surface area contributed by atoms with Crippen LogP contribution in [-0.2, 0) is 10.0 Å². The highest BCUT2D eigenvalue weighted by molar-refractivity contribution is 7.89. The molecule has 0 amide bonds. The van der Waals surface area contributed by atoms with Crippen LogP contribution in [0.25, 0.3) is 0 Å². The van der Waals surface area contributed by atoms with Gasteiger partial charge in [-0.2, -0.15) is 4.31 Å². The molecule has 18 heavy (non-hydrogen) atoms. The van der Waals surface area contributed by atoms with E-state index in [0.717, 1.165) is 5.56 Å². The molecule has 0 aliphatic rings. The van der Waals surface area contributed by atoms with Crippen molar-refractivity contribution in [2.24, 2.45) is 11.7 Å². The Morgan fingerprint density at radius 1 is 1.28 bits per heavy atom. The van der Waals surface area contributed by atoms with E-state index in [0.29, 0.717) is 24.5 Å². The zero-order valence-electron chi connectivity index (χ0n) is 11.3. The normalized spacial score (nSPS) is 12.3. The molecule has 0 aliphatic heterocycles. The molecule has 102 valence electrons. The highest BCUT2D eigenvalue weighted by atomic mass is 32.2. The number of aryl methyl sites for hydroxylation is 1. The molecule has 1 aromatic carbocycles. The van der Waals surface area contributed by atoms with Crippen LogP contribution >= 0.6 is 0 Å². The van der Waals surface area contributed by atoms with Gasteiger partial charge in [-0.05, 0) is 24.5 Å². The quantitative estimate of drug-likeness (QED) is 0.854. The molecule has 0 unspecified atom stereocenters. The van der Waals surface area contributed by atoms with Gasteiger partial charge in [0.15, 0.2) is 0 Å². The average molecular weight is 270 g/mol. The lowest BCUT2D eigenvalue weighted by atomic mass is 10.2. The summed E-state index contributed by atoms with van der Waals surface area (Å²) in [6.07, 6.45) is 0. The third-order valence-electron chi connectivity index (χ3n) is 2.66. The number of sulfonamides is 1. The summed E-state index contributed by atoms with van der Waals surface area (Å²) in [5.41, 5.74) is 6.28. The number of nitrogens with zero attached hydrogens (tertiary/aromatic N) is 1. The van der Waals surface area contributed by atoms with E-state index in [1.165, 1.54) is 4.31 Å². The van der Waals surface area contributed by atoms with E-state index in [2.05, 4.69) is 0 Å². The monoisotopic (exact) mass is 270 g/mol. The van der Waals surface area contributed by atoms with Gasteiger partial charge in [-0.15, -0.1) is 0 Å². The first-order valence-corrected chi connectivity index (χ1v) is 7.59. The Kier molecular flexibility index (Phi) is 5.31. The van der Waals surface area contributed by atoms with E-state index in [-0.39, 0.29) is 5.92 Å². The van der Waals surface area contributed by atoms with Crippen molar-refractivity contribution in [2.45, 2.75) is 25.7 Å². The van der Waals surface area contributed by atoms with Crippen LogP contribution in [0.3, 0.4) is 0 Å². The van der Waals surface area contributed by atoms with Crippen LogP contribution in [0.2, 0.25) is 0 Å². The molecule has 0 aliphatic carbocycles. The third-order valence-corrected chi connectivity index (χ3v) is 4.68. The van der Waals surface area contributed by atoms with Gasteiger partial charge in [-0.25, -0.2) is 8.42 Å². The molecule has 0 atom stereocenters. The number of nitrogens with two attached hydrogens (primary N) is 1. The Bertz CT molecular complexity index is 484. The van der Waals surface area contributed by atoms with Crippen LogP contribution in [0, 0.1) is 12.8 Å². The van der Waals surface area contributed by atoms with Gasteiger partial charge in [0.05, 0.1) is 4.90 Å². The predicted octanol–water partition coefficient (Wildman–Crippen LogP) is 1.60. The van der Waals surface area contributed by atoms with Gasteiger partial charge in [-0.1, -0.05) is 32.0 Å². The number of benzene rings is 1. The summed E-state index contributed by atoms with van der Waals surface area (Å²) in [6, 6.07) is 7.04. The Morgan fingerprint density at radius 2 is 1.89 bits per heavy atom. The van der Waals surface area contributed by atoms with Crippen molar-refractivity contribution in [2.75, 3.05) is 19.6 Å². The number of hydrogen-bond donors (Lipinski definition) is 1. The predicted molar refractivity (Wildman–Crippen MR) is 73.8 cm³/mol. The van der Waals surface area contributed by atoms with Crippen molar-refractivity contribution < 1.29 is 8.42 Å². The smallest absolute Gasteiger partial charge is 0.243 e. The molecule has 0 aromatic heterocycles.